The molecule has 1 aromatic heterocycles. The van der Waals surface area contributed by atoms with Crippen LogP contribution in [-0.4, -0.2) is 29.2 Å². The first-order valence-corrected chi connectivity index (χ1v) is 9.78. The number of carbonyl (C=O) groups is 1. The van der Waals surface area contributed by atoms with Gasteiger partial charge in [-0.25, -0.2) is 4.79 Å². The van der Waals surface area contributed by atoms with Crippen LogP contribution >= 0.6 is 11.6 Å². The van der Waals surface area contributed by atoms with Crippen molar-refractivity contribution in [1.29, 1.82) is 0 Å². The third kappa shape index (κ3) is 4.55. The average molecular weight is 423 g/mol. The van der Waals surface area contributed by atoms with Crippen LogP contribution in [-0.2, 0) is 6.54 Å². The van der Waals surface area contributed by atoms with Crippen LogP contribution in [0.4, 0.5) is 6.01 Å². The molecule has 0 aliphatic heterocycles. The quantitative estimate of drug-likeness (QED) is 0.417. The summed E-state index contributed by atoms with van der Waals surface area (Å²) in [5.41, 5.74) is 2.63. The van der Waals surface area contributed by atoms with Gasteiger partial charge in [-0.05, 0) is 42.0 Å². The zero-order chi connectivity index (χ0) is 20.9. The molecule has 0 fully saturated rings. The van der Waals surface area contributed by atoms with Crippen LogP contribution < -0.4 is 9.64 Å². The maximum atomic E-state index is 11.4. The van der Waals surface area contributed by atoms with Crippen molar-refractivity contribution in [2.75, 3.05) is 18.1 Å². The summed E-state index contributed by atoms with van der Waals surface area (Å²) in [7, 11) is 0. The second-order valence-electron chi connectivity index (χ2n) is 6.66. The molecular formula is C23H19ClN2O4. The van der Waals surface area contributed by atoms with Crippen molar-refractivity contribution in [3.63, 3.8) is 0 Å². The summed E-state index contributed by atoms with van der Waals surface area (Å²) in [5.74, 6) is -0.698. The summed E-state index contributed by atoms with van der Waals surface area (Å²) >= 11 is 6.00. The summed E-state index contributed by atoms with van der Waals surface area (Å²) in [5, 5.41) is 9.99. The molecule has 0 unspecified atom stereocenters. The molecule has 1 heterocycles. The lowest BCUT2D eigenvalue weighted by molar-refractivity contribution is 0.0692. The highest BCUT2D eigenvalue weighted by molar-refractivity contribution is 6.30. The Morgan fingerprint density at radius 1 is 1.03 bits per heavy atom. The molecule has 7 heteroatoms. The van der Waals surface area contributed by atoms with Gasteiger partial charge >= 0.3 is 5.97 Å². The third-order valence-corrected chi connectivity index (χ3v) is 4.83. The molecule has 0 saturated heterocycles. The molecule has 0 saturated carbocycles. The van der Waals surface area contributed by atoms with E-state index >= 15 is 0 Å². The molecule has 4 rings (SSSR count). The van der Waals surface area contributed by atoms with E-state index in [1.165, 1.54) is 6.07 Å². The van der Waals surface area contributed by atoms with Gasteiger partial charge in [0, 0.05) is 11.6 Å². The van der Waals surface area contributed by atoms with Crippen LogP contribution in [0.2, 0.25) is 5.02 Å². The molecule has 0 aliphatic rings. The lowest BCUT2D eigenvalue weighted by Crippen LogP contribution is -2.28. The van der Waals surface area contributed by atoms with Gasteiger partial charge in [-0.3, -0.25) is 0 Å². The Hall–Kier alpha value is -3.51. The minimum absolute atomic E-state index is 0.128. The Balaban J connectivity index is 1.54. The highest BCUT2D eigenvalue weighted by atomic mass is 35.5. The first-order valence-electron chi connectivity index (χ1n) is 9.40. The fourth-order valence-electron chi connectivity index (χ4n) is 3.08. The zero-order valence-electron chi connectivity index (χ0n) is 16.0. The van der Waals surface area contributed by atoms with Gasteiger partial charge in [-0.15, -0.1) is 0 Å². The maximum absolute atomic E-state index is 11.4. The molecule has 1 N–H and O–H groups in total. The normalized spacial score (nSPS) is 10.8. The standard InChI is InChI=1S/C23H19ClN2O4/c24-17-11-9-16(10-12-17)15-26(23-25-19-6-2-4-8-21(19)30-23)13-14-29-20-7-3-1-5-18(20)22(27)28/h1-12H,13-15H2,(H,27,28). The SMILES string of the molecule is O=C(O)c1ccccc1OCCN(Cc1ccc(Cl)cc1)c1nc2ccccc2o1. The minimum Gasteiger partial charge on any atom is -0.491 e. The highest BCUT2D eigenvalue weighted by Gasteiger charge is 2.16. The molecule has 0 radical (unpaired) electrons. The number of carboxylic acid groups (broad SMARTS) is 1. The van der Waals surface area contributed by atoms with E-state index in [2.05, 4.69) is 4.98 Å². The van der Waals surface area contributed by atoms with E-state index < -0.39 is 5.97 Å². The van der Waals surface area contributed by atoms with E-state index in [0.717, 1.165) is 11.1 Å². The summed E-state index contributed by atoms with van der Waals surface area (Å²) in [4.78, 5) is 17.9. The molecule has 0 spiro atoms. The fraction of sp³-hybridized carbons (Fsp3) is 0.130. The van der Waals surface area contributed by atoms with Gasteiger partial charge in [0.2, 0.25) is 0 Å². The monoisotopic (exact) mass is 422 g/mol. The first-order chi connectivity index (χ1) is 14.6. The van der Waals surface area contributed by atoms with Gasteiger partial charge < -0.3 is 19.2 Å². The summed E-state index contributed by atoms with van der Waals surface area (Å²) in [6, 6.07) is 22.2. The number of ether oxygens (including phenoxy) is 1. The van der Waals surface area contributed by atoms with E-state index in [1.54, 1.807) is 18.2 Å². The number of aromatic nitrogens is 1. The predicted molar refractivity (Wildman–Crippen MR) is 115 cm³/mol. The number of benzene rings is 3. The van der Waals surface area contributed by atoms with Gasteiger partial charge in [0.15, 0.2) is 5.58 Å². The molecule has 0 atom stereocenters. The van der Waals surface area contributed by atoms with Crippen molar-refractivity contribution >= 4 is 34.7 Å². The Labute approximate surface area is 178 Å². The van der Waals surface area contributed by atoms with E-state index in [4.69, 9.17) is 20.8 Å². The van der Waals surface area contributed by atoms with E-state index in [1.807, 2.05) is 53.4 Å². The Kier molecular flexibility index (Phi) is 5.86. The number of halogens is 1. The van der Waals surface area contributed by atoms with Crippen LogP contribution in [0.25, 0.3) is 11.1 Å². The molecule has 0 aliphatic carbocycles. The molecule has 30 heavy (non-hydrogen) atoms. The fourth-order valence-corrected chi connectivity index (χ4v) is 3.21. The summed E-state index contributed by atoms with van der Waals surface area (Å²) < 4.78 is 11.7. The van der Waals surface area contributed by atoms with Crippen LogP contribution in [0.5, 0.6) is 5.75 Å². The number of hydrogen-bond donors (Lipinski definition) is 1. The molecular weight excluding hydrogens is 404 g/mol. The van der Waals surface area contributed by atoms with Gasteiger partial charge in [0.05, 0.1) is 6.54 Å². The summed E-state index contributed by atoms with van der Waals surface area (Å²) in [6.45, 7) is 1.24. The number of carboxylic acids is 1. The van der Waals surface area contributed by atoms with Crippen LogP contribution in [0.3, 0.4) is 0 Å². The first kappa shape index (κ1) is 19.8. The van der Waals surface area contributed by atoms with E-state index in [9.17, 15) is 9.90 Å². The Morgan fingerprint density at radius 3 is 2.53 bits per heavy atom. The Bertz CT molecular complexity index is 1120. The van der Waals surface area contributed by atoms with Crippen LogP contribution in [0.1, 0.15) is 15.9 Å². The van der Waals surface area contributed by atoms with Crippen molar-refractivity contribution in [1.82, 2.24) is 4.98 Å². The van der Waals surface area contributed by atoms with Crippen molar-refractivity contribution in [3.05, 3.63) is 88.9 Å². The lowest BCUT2D eigenvalue weighted by atomic mass is 10.2. The van der Waals surface area contributed by atoms with Gasteiger partial charge in [-0.2, -0.15) is 4.98 Å². The third-order valence-electron chi connectivity index (χ3n) is 4.58. The Morgan fingerprint density at radius 2 is 1.77 bits per heavy atom. The van der Waals surface area contributed by atoms with Crippen molar-refractivity contribution in [3.8, 4) is 5.75 Å². The molecule has 0 amide bonds. The number of para-hydroxylation sites is 3. The van der Waals surface area contributed by atoms with Crippen molar-refractivity contribution < 1.29 is 19.1 Å². The molecule has 152 valence electrons. The maximum Gasteiger partial charge on any atom is 0.339 e. The number of fused-ring (bicyclic) bond motifs is 1. The molecule has 0 bridgehead atoms. The van der Waals surface area contributed by atoms with E-state index in [0.29, 0.717) is 35.5 Å². The largest absolute Gasteiger partial charge is 0.491 e. The molecule has 6 nitrogen and oxygen atoms in total. The summed E-state index contributed by atoms with van der Waals surface area (Å²) in [6.07, 6.45) is 0. The second-order valence-corrected chi connectivity index (χ2v) is 7.10. The average Bonchev–Trinajstić information content (AvgIpc) is 3.19. The van der Waals surface area contributed by atoms with Gasteiger partial charge in [0.1, 0.15) is 23.4 Å². The number of oxazole rings is 1. The minimum atomic E-state index is -1.03. The predicted octanol–water partition coefficient (Wildman–Crippen LogP) is 5.27. The number of nitrogens with zero attached hydrogens (tertiary/aromatic N) is 2. The highest BCUT2D eigenvalue weighted by Crippen LogP contribution is 2.24. The number of rotatable bonds is 8. The van der Waals surface area contributed by atoms with Gasteiger partial charge in [-0.1, -0.05) is 48.0 Å². The number of anilines is 1. The second kappa shape index (κ2) is 8.88. The smallest absolute Gasteiger partial charge is 0.339 e. The van der Waals surface area contributed by atoms with Crippen molar-refractivity contribution in [2.24, 2.45) is 0 Å². The van der Waals surface area contributed by atoms with Gasteiger partial charge in [0.25, 0.3) is 6.01 Å². The zero-order valence-corrected chi connectivity index (χ0v) is 16.7. The topological polar surface area (TPSA) is 75.8 Å². The van der Waals surface area contributed by atoms with Crippen LogP contribution in [0, 0.1) is 0 Å². The molecule has 3 aromatic carbocycles. The molecule has 4 aromatic rings. The van der Waals surface area contributed by atoms with E-state index in [-0.39, 0.29) is 12.2 Å². The lowest BCUT2D eigenvalue weighted by Gasteiger charge is -2.21. The number of hydrogen-bond acceptors (Lipinski definition) is 5. The van der Waals surface area contributed by atoms with Crippen LogP contribution in [0.15, 0.2) is 77.2 Å². The number of aromatic carboxylic acids is 1. The van der Waals surface area contributed by atoms with Crippen molar-refractivity contribution in [2.45, 2.75) is 6.54 Å².